The molecule has 6 rings (SSSR count). The first-order valence-electron chi connectivity index (χ1n) is 9.31. The molecule has 0 unspecified atom stereocenters. The quantitative estimate of drug-likeness (QED) is 0.262. The van der Waals surface area contributed by atoms with Gasteiger partial charge in [0, 0.05) is 11.8 Å². The van der Waals surface area contributed by atoms with Crippen molar-refractivity contribution in [2.24, 2.45) is 0 Å². The summed E-state index contributed by atoms with van der Waals surface area (Å²) in [6, 6.07) is 32.3. The van der Waals surface area contributed by atoms with Crippen molar-refractivity contribution in [1.82, 2.24) is 9.38 Å². The summed E-state index contributed by atoms with van der Waals surface area (Å²) in [6.07, 6.45) is 2.14. The van der Waals surface area contributed by atoms with E-state index in [1.54, 1.807) is 11.3 Å². The highest BCUT2D eigenvalue weighted by atomic mass is 79.9. The lowest BCUT2D eigenvalue weighted by atomic mass is 10.00. The maximum atomic E-state index is 4.85. The molecule has 0 aliphatic rings. The zero-order valence-corrected chi connectivity index (χ0v) is 18.0. The van der Waals surface area contributed by atoms with E-state index in [9.17, 15) is 0 Å². The Labute approximate surface area is 182 Å². The van der Waals surface area contributed by atoms with Gasteiger partial charge in [-0.15, -0.1) is 17.0 Å². The summed E-state index contributed by atoms with van der Waals surface area (Å²) >= 11 is 1.73. The Bertz CT molecular complexity index is 1460. The van der Waals surface area contributed by atoms with E-state index in [0.717, 1.165) is 16.2 Å². The fraction of sp³-hybridized carbons (Fsp3) is 0. The number of fused-ring (bicyclic) bond motifs is 4. The maximum absolute atomic E-state index is 4.85. The van der Waals surface area contributed by atoms with Crippen molar-refractivity contribution < 1.29 is 0 Å². The fourth-order valence-corrected chi connectivity index (χ4v) is 4.80. The molecule has 0 aliphatic heterocycles. The van der Waals surface area contributed by atoms with Gasteiger partial charge in [-0.2, -0.15) is 0 Å². The molecule has 2 heterocycles. The normalized spacial score (nSPS) is 11.2. The highest BCUT2D eigenvalue weighted by molar-refractivity contribution is 8.93. The van der Waals surface area contributed by atoms with Crippen LogP contribution in [-0.4, -0.2) is 9.38 Å². The number of hydrogen-bond acceptors (Lipinski definition) is 2. The molecule has 0 amide bonds. The van der Waals surface area contributed by atoms with Crippen LogP contribution >= 0.6 is 28.3 Å². The lowest BCUT2D eigenvalue weighted by molar-refractivity contribution is 1.30. The van der Waals surface area contributed by atoms with Crippen LogP contribution in [0.2, 0.25) is 0 Å². The van der Waals surface area contributed by atoms with Gasteiger partial charge in [-0.3, -0.25) is 4.40 Å². The Hall–Kier alpha value is -2.95. The van der Waals surface area contributed by atoms with Crippen molar-refractivity contribution in [3.63, 3.8) is 0 Å². The minimum Gasteiger partial charge on any atom is -0.290 e. The van der Waals surface area contributed by atoms with E-state index in [4.69, 9.17) is 4.98 Å². The Kier molecular flexibility index (Phi) is 4.46. The van der Waals surface area contributed by atoms with Gasteiger partial charge in [0.2, 0.25) is 0 Å². The lowest BCUT2D eigenvalue weighted by Crippen LogP contribution is -1.81. The molecule has 0 saturated carbocycles. The number of halogens is 1. The summed E-state index contributed by atoms with van der Waals surface area (Å²) in [5.41, 5.74) is 5.84. The van der Waals surface area contributed by atoms with Crippen molar-refractivity contribution in [1.29, 1.82) is 0 Å². The number of hydrogen-bond donors (Lipinski definition) is 0. The van der Waals surface area contributed by atoms with Crippen molar-refractivity contribution in [2.45, 2.75) is 0 Å². The summed E-state index contributed by atoms with van der Waals surface area (Å²) in [4.78, 5) is 5.88. The number of rotatable bonds is 2. The first-order valence-corrected chi connectivity index (χ1v) is 10.1. The van der Waals surface area contributed by atoms with E-state index in [1.807, 2.05) is 0 Å². The summed E-state index contributed by atoms with van der Waals surface area (Å²) in [5.74, 6) is 0. The van der Waals surface area contributed by atoms with Crippen molar-refractivity contribution in [2.75, 3.05) is 0 Å². The van der Waals surface area contributed by atoms with E-state index in [0.29, 0.717) is 0 Å². The molecule has 0 spiro atoms. The van der Waals surface area contributed by atoms with Gasteiger partial charge in [0.15, 0.2) is 4.96 Å². The van der Waals surface area contributed by atoms with E-state index < -0.39 is 0 Å². The van der Waals surface area contributed by atoms with E-state index in [2.05, 4.69) is 102 Å². The van der Waals surface area contributed by atoms with Gasteiger partial charge < -0.3 is 0 Å². The van der Waals surface area contributed by atoms with Gasteiger partial charge in [-0.05, 0) is 40.1 Å². The SMILES string of the molecule is Br.c1ccc2cc(-c3ccc(-c4cn5c(n4)sc4ccccc45)cc3)ccc2c1. The highest BCUT2D eigenvalue weighted by Crippen LogP contribution is 2.31. The molecular weight excluding hydrogens is 440 g/mol. The fourth-order valence-electron chi connectivity index (χ4n) is 3.79. The molecule has 6 aromatic rings. The number of benzene rings is 4. The Morgan fingerprint density at radius 3 is 2.21 bits per heavy atom. The topological polar surface area (TPSA) is 17.3 Å². The summed E-state index contributed by atoms with van der Waals surface area (Å²) < 4.78 is 3.45. The Morgan fingerprint density at radius 1 is 0.655 bits per heavy atom. The summed E-state index contributed by atoms with van der Waals surface area (Å²) in [7, 11) is 0. The molecule has 0 fully saturated rings. The van der Waals surface area contributed by atoms with E-state index in [1.165, 1.54) is 32.1 Å². The second kappa shape index (κ2) is 7.14. The molecule has 0 bridgehead atoms. The van der Waals surface area contributed by atoms with Gasteiger partial charge >= 0.3 is 0 Å². The molecule has 0 aliphatic carbocycles. The van der Waals surface area contributed by atoms with Gasteiger partial charge in [-0.25, -0.2) is 4.98 Å². The molecule has 4 aromatic carbocycles. The zero-order valence-electron chi connectivity index (χ0n) is 15.4. The van der Waals surface area contributed by atoms with Gasteiger partial charge in [0.25, 0.3) is 0 Å². The summed E-state index contributed by atoms with van der Waals surface area (Å²) in [5, 5.41) is 2.54. The molecule has 4 heteroatoms. The highest BCUT2D eigenvalue weighted by Gasteiger charge is 2.10. The van der Waals surface area contributed by atoms with Crippen molar-refractivity contribution in [3.05, 3.63) is 97.2 Å². The first kappa shape index (κ1) is 18.1. The van der Waals surface area contributed by atoms with Crippen LogP contribution < -0.4 is 0 Å². The third kappa shape index (κ3) is 3.05. The molecule has 29 heavy (non-hydrogen) atoms. The number of nitrogens with zero attached hydrogens (tertiary/aromatic N) is 2. The number of thiazole rings is 1. The maximum Gasteiger partial charge on any atom is 0.195 e. The summed E-state index contributed by atoms with van der Waals surface area (Å²) in [6.45, 7) is 0. The average molecular weight is 457 g/mol. The van der Waals surface area contributed by atoms with Crippen LogP contribution in [0, 0.1) is 0 Å². The lowest BCUT2D eigenvalue weighted by Gasteiger charge is -2.05. The van der Waals surface area contributed by atoms with E-state index >= 15 is 0 Å². The molecule has 2 aromatic heterocycles. The third-order valence-electron chi connectivity index (χ3n) is 5.26. The molecule has 2 nitrogen and oxygen atoms in total. The predicted octanol–water partition coefficient (Wildman–Crippen LogP) is 7.61. The van der Waals surface area contributed by atoms with Gasteiger partial charge in [0.1, 0.15) is 0 Å². The second-order valence-electron chi connectivity index (χ2n) is 6.99. The minimum absolute atomic E-state index is 0. The van der Waals surface area contributed by atoms with Crippen LogP contribution in [0.15, 0.2) is 97.2 Å². The van der Waals surface area contributed by atoms with Crippen LogP contribution in [0.25, 0.3) is 48.3 Å². The molecule has 0 saturated heterocycles. The molecule has 140 valence electrons. The molecule has 0 radical (unpaired) electrons. The number of aromatic nitrogens is 2. The molecular formula is C25H17BrN2S. The predicted molar refractivity (Wildman–Crippen MR) is 129 cm³/mol. The van der Waals surface area contributed by atoms with Gasteiger partial charge in [-0.1, -0.05) is 84.1 Å². The third-order valence-corrected chi connectivity index (χ3v) is 6.30. The van der Waals surface area contributed by atoms with Crippen molar-refractivity contribution in [3.8, 4) is 22.4 Å². The van der Waals surface area contributed by atoms with Crippen LogP contribution in [0.4, 0.5) is 0 Å². The Balaban J connectivity index is 0.00000181. The van der Waals surface area contributed by atoms with Gasteiger partial charge in [0.05, 0.1) is 15.9 Å². The zero-order chi connectivity index (χ0) is 18.5. The van der Waals surface area contributed by atoms with Crippen LogP contribution in [-0.2, 0) is 0 Å². The number of imidazole rings is 1. The second-order valence-corrected chi connectivity index (χ2v) is 8.00. The smallest absolute Gasteiger partial charge is 0.195 e. The van der Waals surface area contributed by atoms with Crippen LogP contribution in [0.5, 0.6) is 0 Å². The average Bonchev–Trinajstić information content (AvgIpc) is 3.32. The van der Waals surface area contributed by atoms with Crippen molar-refractivity contribution >= 4 is 54.3 Å². The number of para-hydroxylation sites is 1. The Morgan fingerprint density at radius 2 is 1.34 bits per heavy atom. The molecule has 0 N–H and O–H groups in total. The van der Waals surface area contributed by atoms with Crippen LogP contribution in [0.1, 0.15) is 0 Å². The monoisotopic (exact) mass is 456 g/mol. The largest absolute Gasteiger partial charge is 0.290 e. The minimum atomic E-state index is 0. The standard InChI is InChI=1S/C25H16N2S.BrH/c1-2-6-20-15-21(14-11-17(20)5-1)18-9-12-19(13-10-18)22-16-27-23-7-3-4-8-24(23)28-25(27)26-22;/h1-16H;1H. The van der Waals surface area contributed by atoms with Crippen LogP contribution in [0.3, 0.4) is 0 Å². The van der Waals surface area contributed by atoms with E-state index in [-0.39, 0.29) is 17.0 Å². The first-order chi connectivity index (χ1) is 13.8. The molecule has 0 atom stereocenters.